The predicted molar refractivity (Wildman–Crippen MR) is 229 cm³/mol. The number of ether oxygens (including phenoxy) is 6. The van der Waals surface area contributed by atoms with Crippen molar-refractivity contribution in [1.29, 1.82) is 0 Å². The van der Waals surface area contributed by atoms with Crippen LogP contribution in [0.4, 0.5) is 0 Å². The number of aliphatic hydroxyl groups is 10. The number of hydrogen-bond donors (Lipinski definition) is 10. The van der Waals surface area contributed by atoms with E-state index in [4.69, 9.17) is 28.4 Å². The second kappa shape index (κ2) is 17.8. The lowest BCUT2D eigenvalue weighted by atomic mass is 9.41. The summed E-state index contributed by atoms with van der Waals surface area (Å²) >= 11 is 0. The largest absolute Gasteiger partial charge is 0.394 e. The molecule has 1 unspecified atom stereocenters. The Balaban J connectivity index is 0.927. The van der Waals surface area contributed by atoms with Gasteiger partial charge in [-0.05, 0) is 136 Å². The van der Waals surface area contributed by atoms with Crippen LogP contribution >= 0.6 is 0 Å². The van der Waals surface area contributed by atoms with E-state index < -0.39 is 105 Å². The summed E-state index contributed by atoms with van der Waals surface area (Å²) in [6.45, 7) is 16.2. The first-order valence-electron chi connectivity index (χ1n) is 24.3. The van der Waals surface area contributed by atoms with Gasteiger partial charge in [0.1, 0.15) is 61.0 Å². The van der Waals surface area contributed by atoms with Gasteiger partial charge < -0.3 is 79.5 Å². The van der Waals surface area contributed by atoms with Crippen molar-refractivity contribution < 1.29 is 79.5 Å². The monoisotopic (exact) mass is 913 g/mol. The van der Waals surface area contributed by atoms with Gasteiger partial charge in [-0.1, -0.05) is 46.3 Å². The quantitative estimate of drug-likeness (QED) is 0.0987. The molecular formula is C48H80O16. The van der Waals surface area contributed by atoms with Crippen molar-refractivity contribution in [1.82, 2.24) is 0 Å². The van der Waals surface area contributed by atoms with Crippen LogP contribution in [0.25, 0.3) is 0 Å². The Kier molecular flexibility index (Phi) is 13.8. The van der Waals surface area contributed by atoms with Crippen LogP contribution in [0, 0.1) is 50.7 Å². The van der Waals surface area contributed by atoms with Gasteiger partial charge in [-0.3, -0.25) is 0 Å². The van der Waals surface area contributed by atoms with Crippen LogP contribution in [-0.2, 0) is 28.4 Å². The second-order valence-electron chi connectivity index (χ2n) is 22.8. The Hall–Kier alpha value is -0.900. The maximum Gasteiger partial charge on any atom is 0.187 e. The first-order valence-corrected chi connectivity index (χ1v) is 24.3. The minimum atomic E-state index is -1.75. The van der Waals surface area contributed by atoms with E-state index in [0.29, 0.717) is 24.2 Å². The molecule has 0 aromatic carbocycles. The topological polar surface area (TPSA) is 258 Å². The van der Waals surface area contributed by atoms with E-state index in [-0.39, 0.29) is 45.7 Å². The molecule has 10 N–H and O–H groups in total. The van der Waals surface area contributed by atoms with E-state index in [9.17, 15) is 51.1 Å². The third kappa shape index (κ3) is 7.63. The molecule has 8 fully saturated rings. The highest BCUT2D eigenvalue weighted by Gasteiger charge is 2.82. The molecule has 0 aromatic heterocycles. The highest BCUT2D eigenvalue weighted by molar-refractivity contribution is 5.31. The molecular weight excluding hydrogens is 833 g/mol. The molecule has 0 radical (unpaired) electrons. The van der Waals surface area contributed by atoms with E-state index in [1.54, 1.807) is 6.92 Å². The third-order valence-corrected chi connectivity index (χ3v) is 19.6. The van der Waals surface area contributed by atoms with Crippen LogP contribution in [-0.4, -0.2) is 169 Å². The fourth-order valence-electron chi connectivity index (χ4n) is 15.5. The highest BCUT2D eigenvalue weighted by Crippen LogP contribution is 2.89. The predicted octanol–water partition coefficient (Wildman–Crippen LogP) is 1.64. The average molecular weight is 913 g/mol. The standard InChI is InChI=1S/C48H80O16/c1-22(19-49)9-10-27(51)23(2)26-13-15-46(8)30-12-11-29-44(5,6)31(14-16-47(29)21-48(30,47)18-17-45(26,46)7)62-41-38(58)36(56)39(25(4)60-41)63-43-40(35(55)33(53)28(20-50)61-43)64-42-37(57)34(54)32(52)24(3)59-42/h9,23-43,49-58H,10-21H2,1-8H3/b22-9-/t23-,24-,25+,26+,27-,28+,29?,30-,31-,32-,33+,34+,35-,36+,37+,38+,39-,40+,41-,42-,43-,45+,46-,47+,48-/m0/s1. The minimum Gasteiger partial charge on any atom is -0.394 e. The Bertz CT molecular complexity index is 1680. The smallest absolute Gasteiger partial charge is 0.187 e. The van der Waals surface area contributed by atoms with Crippen molar-refractivity contribution >= 4 is 0 Å². The van der Waals surface area contributed by atoms with Crippen molar-refractivity contribution in [2.75, 3.05) is 13.2 Å². The van der Waals surface area contributed by atoms with E-state index in [0.717, 1.165) is 44.1 Å². The molecule has 2 spiro atoms. The van der Waals surface area contributed by atoms with Gasteiger partial charge in [0.25, 0.3) is 0 Å². The number of fused-ring (bicyclic) bond motifs is 2. The summed E-state index contributed by atoms with van der Waals surface area (Å²) in [4.78, 5) is 0. The molecule has 0 amide bonds. The molecule has 5 aliphatic carbocycles. The maximum absolute atomic E-state index is 11.6. The lowest BCUT2D eigenvalue weighted by molar-refractivity contribution is -0.388. The molecule has 16 nitrogen and oxygen atoms in total. The first-order chi connectivity index (χ1) is 30.0. The van der Waals surface area contributed by atoms with Crippen LogP contribution in [0.5, 0.6) is 0 Å². The molecule has 16 heteroatoms. The number of hydrogen-bond acceptors (Lipinski definition) is 16. The maximum atomic E-state index is 11.6. The molecule has 0 bridgehead atoms. The Morgan fingerprint density at radius 1 is 0.641 bits per heavy atom. The molecule has 5 saturated carbocycles. The number of aliphatic hydroxyl groups excluding tert-OH is 10. The molecule has 3 aliphatic heterocycles. The summed E-state index contributed by atoms with van der Waals surface area (Å²) in [5, 5.41) is 107. The SMILES string of the molecule is C/C(=C/C[C@H](O)[C@@H](C)[C@H]1CC[C@@]2(C)[C@@H]3CCC4C(C)(C)[C@@H](O[C@@H]5O[C@H](C)[C@H](O[C@@H]6O[C@H](CO)[C@@H](O)[C@H](O)[C@H]6O[C@@H]6O[C@@H](C)[C@H](O)[C@@H](O)[C@H]6O)[C@H](O)[C@H]5O)CC[C@@]45C[C@@]35CC[C@]12C)CO. The van der Waals surface area contributed by atoms with Gasteiger partial charge in [-0.15, -0.1) is 0 Å². The summed E-state index contributed by atoms with van der Waals surface area (Å²) in [7, 11) is 0. The van der Waals surface area contributed by atoms with E-state index in [1.807, 2.05) is 13.0 Å². The lowest BCUT2D eigenvalue weighted by Crippen LogP contribution is -2.66. The van der Waals surface area contributed by atoms with E-state index >= 15 is 0 Å². The van der Waals surface area contributed by atoms with Crippen molar-refractivity contribution in [2.24, 2.45) is 50.7 Å². The zero-order valence-corrected chi connectivity index (χ0v) is 39.1. The minimum absolute atomic E-state index is 0.0146. The van der Waals surface area contributed by atoms with Crippen LogP contribution in [0.3, 0.4) is 0 Å². The van der Waals surface area contributed by atoms with Crippen molar-refractivity contribution in [3.8, 4) is 0 Å². The molecule has 8 aliphatic rings. The van der Waals surface area contributed by atoms with Crippen LogP contribution in [0.2, 0.25) is 0 Å². The molecule has 3 saturated heterocycles. The van der Waals surface area contributed by atoms with Gasteiger partial charge in [0.05, 0.1) is 37.6 Å². The van der Waals surface area contributed by atoms with Gasteiger partial charge in [-0.2, -0.15) is 0 Å². The van der Waals surface area contributed by atoms with Crippen molar-refractivity contribution in [3.63, 3.8) is 0 Å². The van der Waals surface area contributed by atoms with E-state index in [2.05, 4.69) is 34.6 Å². The summed E-state index contributed by atoms with van der Waals surface area (Å²) in [5.41, 5.74) is 1.44. The summed E-state index contributed by atoms with van der Waals surface area (Å²) in [6, 6.07) is 0. The normalized spacial score (nSPS) is 54.5. The van der Waals surface area contributed by atoms with E-state index in [1.165, 1.54) is 26.2 Å². The zero-order chi connectivity index (χ0) is 46.6. The van der Waals surface area contributed by atoms with Gasteiger partial charge >= 0.3 is 0 Å². The summed E-state index contributed by atoms with van der Waals surface area (Å²) < 4.78 is 36.4. The van der Waals surface area contributed by atoms with Gasteiger partial charge in [0.15, 0.2) is 18.9 Å². The van der Waals surface area contributed by atoms with Crippen molar-refractivity contribution in [2.45, 2.75) is 224 Å². The molecule has 0 aromatic rings. The average Bonchev–Trinajstić information content (AvgIpc) is 3.85. The molecule has 368 valence electrons. The Morgan fingerprint density at radius 3 is 1.94 bits per heavy atom. The van der Waals surface area contributed by atoms with Gasteiger partial charge in [0, 0.05) is 0 Å². The third-order valence-electron chi connectivity index (χ3n) is 19.6. The highest BCUT2D eigenvalue weighted by atomic mass is 16.8. The zero-order valence-electron chi connectivity index (χ0n) is 39.1. The molecule has 8 rings (SSSR count). The van der Waals surface area contributed by atoms with Crippen LogP contribution in [0.1, 0.15) is 120 Å². The first kappa shape index (κ1) is 49.5. The fraction of sp³-hybridized carbons (Fsp3) is 0.958. The molecule has 25 atom stereocenters. The van der Waals surface area contributed by atoms with Crippen LogP contribution in [0.15, 0.2) is 11.6 Å². The second-order valence-corrected chi connectivity index (χ2v) is 22.8. The molecule has 64 heavy (non-hydrogen) atoms. The number of rotatable bonds is 12. The van der Waals surface area contributed by atoms with Gasteiger partial charge in [-0.25, -0.2) is 0 Å². The van der Waals surface area contributed by atoms with Gasteiger partial charge in [0.2, 0.25) is 0 Å². The summed E-state index contributed by atoms with van der Waals surface area (Å²) in [6.07, 6.45) is -9.98. The fourth-order valence-corrected chi connectivity index (χ4v) is 15.5. The summed E-state index contributed by atoms with van der Waals surface area (Å²) in [5.74, 6) is 1.62. The Labute approximate surface area is 378 Å². The van der Waals surface area contributed by atoms with Crippen molar-refractivity contribution in [3.05, 3.63) is 11.6 Å². The Morgan fingerprint density at radius 2 is 1.25 bits per heavy atom. The lowest BCUT2D eigenvalue weighted by Gasteiger charge is -2.63. The van der Waals surface area contributed by atoms with Crippen LogP contribution < -0.4 is 0 Å². The molecule has 3 heterocycles.